The molecule has 1 saturated heterocycles. The van der Waals surface area contributed by atoms with Crippen LogP contribution in [0, 0.1) is 0 Å². The molecular formula is C15H22N2O5S. The lowest BCUT2D eigenvalue weighted by Crippen LogP contribution is -2.32. The smallest absolute Gasteiger partial charge is 0.251 e. The summed E-state index contributed by atoms with van der Waals surface area (Å²) in [6, 6.07) is 4.36. The molecule has 1 amide bonds. The summed E-state index contributed by atoms with van der Waals surface area (Å²) in [5.41, 5.74) is 0.268. The average Bonchev–Trinajstić information content (AvgIpc) is 3.05. The van der Waals surface area contributed by atoms with Gasteiger partial charge in [0, 0.05) is 32.8 Å². The van der Waals surface area contributed by atoms with Crippen LogP contribution in [0.1, 0.15) is 23.2 Å². The number of carbonyl (C=O) groups excluding carboxylic acids is 1. The maximum Gasteiger partial charge on any atom is 0.251 e. The Kier molecular flexibility index (Phi) is 5.61. The van der Waals surface area contributed by atoms with E-state index in [1.165, 1.54) is 33.3 Å². The van der Waals surface area contributed by atoms with Crippen molar-refractivity contribution in [3.63, 3.8) is 0 Å². The molecule has 1 heterocycles. The highest BCUT2D eigenvalue weighted by Crippen LogP contribution is 2.26. The molecule has 1 aromatic rings. The molecule has 1 fully saturated rings. The van der Waals surface area contributed by atoms with E-state index in [0.717, 1.165) is 17.1 Å². The number of ether oxygens (including phenoxy) is 2. The van der Waals surface area contributed by atoms with Gasteiger partial charge in [0.1, 0.15) is 10.6 Å². The highest BCUT2D eigenvalue weighted by Gasteiger charge is 2.24. The fourth-order valence-electron chi connectivity index (χ4n) is 2.33. The minimum Gasteiger partial charge on any atom is -0.495 e. The molecule has 1 N–H and O–H groups in total. The van der Waals surface area contributed by atoms with Crippen LogP contribution in [-0.4, -0.2) is 59.1 Å². The third-order valence-electron chi connectivity index (χ3n) is 3.70. The van der Waals surface area contributed by atoms with Gasteiger partial charge >= 0.3 is 0 Å². The molecule has 1 atom stereocenters. The maximum atomic E-state index is 12.3. The second-order valence-electron chi connectivity index (χ2n) is 5.50. The van der Waals surface area contributed by atoms with E-state index in [1.54, 1.807) is 6.07 Å². The zero-order chi connectivity index (χ0) is 17.0. The van der Waals surface area contributed by atoms with Gasteiger partial charge < -0.3 is 14.8 Å². The van der Waals surface area contributed by atoms with Crippen molar-refractivity contribution in [2.24, 2.45) is 0 Å². The van der Waals surface area contributed by atoms with Crippen LogP contribution in [0.5, 0.6) is 5.75 Å². The van der Waals surface area contributed by atoms with Gasteiger partial charge in [-0.15, -0.1) is 0 Å². The summed E-state index contributed by atoms with van der Waals surface area (Å²) in [4.78, 5) is 12.2. The molecule has 1 aliphatic rings. The van der Waals surface area contributed by atoms with Crippen LogP contribution >= 0.6 is 0 Å². The van der Waals surface area contributed by atoms with E-state index in [4.69, 9.17) is 9.47 Å². The molecule has 128 valence electrons. The summed E-state index contributed by atoms with van der Waals surface area (Å²) >= 11 is 0. The van der Waals surface area contributed by atoms with E-state index in [0.29, 0.717) is 13.2 Å². The van der Waals surface area contributed by atoms with Crippen molar-refractivity contribution in [2.45, 2.75) is 23.8 Å². The largest absolute Gasteiger partial charge is 0.495 e. The van der Waals surface area contributed by atoms with Crippen molar-refractivity contribution in [1.82, 2.24) is 9.62 Å². The lowest BCUT2D eigenvalue weighted by atomic mass is 10.2. The molecule has 23 heavy (non-hydrogen) atoms. The van der Waals surface area contributed by atoms with E-state index in [2.05, 4.69) is 5.32 Å². The maximum absolute atomic E-state index is 12.3. The lowest BCUT2D eigenvalue weighted by molar-refractivity contribution is 0.0857. The lowest BCUT2D eigenvalue weighted by Gasteiger charge is -2.16. The zero-order valence-corrected chi connectivity index (χ0v) is 14.4. The van der Waals surface area contributed by atoms with Gasteiger partial charge in [0.25, 0.3) is 5.91 Å². The Labute approximate surface area is 136 Å². The Morgan fingerprint density at radius 2 is 2.17 bits per heavy atom. The minimum absolute atomic E-state index is 0.0298. The molecule has 0 bridgehead atoms. The van der Waals surface area contributed by atoms with Crippen LogP contribution in [0.25, 0.3) is 0 Å². The topological polar surface area (TPSA) is 84.9 Å². The SMILES string of the molecule is COc1ccc(C(=O)NC[C@@H]2CCCO2)cc1S(=O)(=O)N(C)C. The van der Waals surface area contributed by atoms with Crippen LogP contribution in [-0.2, 0) is 14.8 Å². The molecule has 8 heteroatoms. The third kappa shape index (κ3) is 4.01. The van der Waals surface area contributed by atoms with Gasteiger partial charge in [-0.3, -0.25) is 4.79 Å². The predicted molar refractivity (Wildman–Crippen MR) is 85.2 cm³/mol. The van der Waals surface area contributed by atoms with Crippen molar-refractivity contribution < 1.29 is 22.7 Å². The molecule has 0 unspecified atom stereocenters. The van der Waals surface area contributed by atoms with Crippen LogP contribution in [0.4, 0.5) is 0 Å². The number of amides is 1. The monoisotopic (exact) mass is 342 g/mol. The second kappa shape index (κ2) is 7.29. The van der Waals surface area contributed by atoms with Crippen molar-refractivity contribution in [2.75, 3.05) is 34.4 Å². The standard InChI is InChI=1S/C15H22N2O5S/c1-17(2)23(19,20)14-9-11(6-7-13(14)21-3)15(18)16-10-12-5-4-8-22-12/h6-7,9,12H,4-5,8,10H2,1-3H3,(H,16,18)/t12-/m0/s1. The summed E-state index contributed by atoms with van der Waals surface area (Å²) in [5, 5.41) is 2.77. The van der Waals surface area contributed by atoms with Gasteiger partial charge in [0.05, 0.1) is 13.2 Å². The zero-order valence-electron chi connectivity index (χ0n) is 13.5. The van der Waals surface area contributed by atoms with Gasteiger partial charge in [0.2, 0.25) is 10.0 Å². The number of hydrogen-bond acceptors (Lipinski definition) is 5. The average molecular weight is 342 g/mol. The first kappa shape index (κ1) is 17.7. The number of benzene rings is 1. The minimum atomic E-state index is -3.70. The first-order valence-corrected chi connectivity index (χ1v) is 8.80. The van der Waals surface area contributed by atoms with Gasteiger partial charge in [-0.1, -0.05) is 0 Å². The van der Waals surface area contributed by atoms with E-state index >= 15 is 0 Å². The van der Waals surface area contributed by atoms with Crippen molar-refractivity contribution in [3.05, 3.63) is 23.8 Å². The Hall–Kier alpha value is -1.64. The normalized spacial score (nSPS) is 18.2. The second-order valence-corrected chi connectivity index (χ2v) is 7.62. The Balaban J connectivity index is 2.21. The fourth-order valence-corrected chi connectivity index (χ4v) is 3.41. The Morgan fingerprint density at radius 1 is 1.43 bits per heavy atom. The van der Waals surface area contributed by atoms with E-state index in [9.17, 15) is 13.2 Å². The summed E-state index contributed by atoms with van der Waals surface area (Å²) in [6.45, 7) is 1.13. The molecule has 0 spiro atoms. The quantitative estimate of drug-likeness (QED) is 0.829. The molecule has 0 radical (unpaired) electrons. The summed E-state index contributed by atoms with van der Waals surface area (Å²) < 4.78 is 36.3. The number of nitrogens with zero attached hydrogens (tertiary/aromatic N) is 1. The van der Waals surface area contributed by atoms with Crippen molar-refractivity contribution in [1.29, 1.82) is 0 Å². The van der Waals surface area contributed by atoms with Crippen LogP contribution in [0.15, 0.2) is 23.1 Å². The number of hydrogen-bond donors (Lipinski definition) is 1. The number of carbonyl (C=O) groups is 1. The van der Waals surface area contributed by atoms with E-state index in [-0.39, 0.29) is 28.2 Å². The molecule has 7 nitrogen and oxygen atoms in total. The number of sulfonamides is 1. The van der Waals surface area contributed by atoms with Crippen LogP contribution in [0.3, 0.4) is 0 Å². The Bertz CT molecular complexity index is 666. The third-order valence-corrected chi connectivity index (χ3v) is 5.54. The molecular weight excluding hydrogens is 320 g/mol. The number of rotatable bonds is 6. The summed E-state index contributed by atoms with van der Waals surface area (Å²) in [6.07, 6.45) is 1.94. The molecule has 0 aromatic heterocycles. The predicted octanol–water partition coefficient (Wildman–Crippen LogP) is 0.854. The van der Waals surface area contributed by atoms with Gasteiger partial charge in [0.15, 0.2) is 0 Å². The van der Waals surface area contributed by atoms with Gasteiger partial charge in [-0.05, 0) is 31.0 Å². The van der Waals surface area contributed by atoms with Crippen LogP contribution < -0.4 is 10.1 Å². The molecule has 0 saturated carbocycles. The van der Waals surface area contributed by atoms with E-state index in [1.807, 2.05) is 0 Å². The highest BCUT2D eigenvalue weighted by atomic mass is 32.2. The first-order chi connectivity index (χ1) is 10.9. The summed E-state index contributed by atoms with van der Waals surface area (Å²) in [5.74, 6) is -0.132. The van der Waals surface area contributed by atoms with Crippen molar-refractivity contribution >= 4 is 15.9 Å². The number of nitrogens with one attached hydrogen (secondary N) is 1. The van der Waals surface area contributed by atoms with Crippen LogP contribution in [0.2, 0.25) is 0 Å². The van der Waals surface area contributed by atoms with E-state index < -0.39 is 10.0 Å². The fraction of sp³-hybridized carbons (Fsp3) is 0.533. The van der Waals surface area contributed by atoms with Gasteiger partial charge in [-0.2, -0.15) is 0 Å². The highest BCUT2D eigenvalue weighted by molar-refractivity contribution is 7.89. The Morgan fingerprint density at radius 3 is 2.74 bits per heavy atom. The molecule has 2 rings (SSSR count). The molecule has 1 aliphatic heterocycles. The van der Waals surface area contributed by atoms with Gasteiger partial charge in [-0.25, -0.2) is 12.7 Å². The van der Waals surface area contributed by atoms with Crippen molar-refractivity contribution in [3.8, 4) is 5.75 Å². The summed E-state index contributed by atoms with van der Waals surface area (Å²) in [7, 11) is 0.546. The number of methoxy groups -OCH3 is 1. The molecule has 1 aromatic carbocycles. The first-order valence-electron chi connectivity index (χ1n) is 7.36. The molecule has 0 aliphatic carbocycles.